The van der Waals surface area contributed by atoms with Crippen molar-refractivity contribution in [2.75, 3.05) is 12.0 Å². The molecule has 0 unspecified atom stereocenters. The molecule has 106 valence electrons. The van der Waals surface area contributed by atoms with Crippen LogP contribution in [-0.2, 0) is 9.59 Å². The van der Waals surface area contributed by atoms with Gasteiger partial charge in [-0.05, 0) is 40.4 Å². The van der Waals surface area contributed by atoms with Crippen LogP contribution in [0.1, 0.15) is 47.5 Å². The van der Waals surface area contributed by atoms with Gasteiger partial charge in [-0.15, -0.1) is 0 Å². The molecular weight excluding hydrogens is 248 g/mol. The van der Waals surface area contributed by atoms with Crippen molar-refractivity contribution in [3.8, 4) is 0 Å². The molecule has 0 aromatic rings. The Morgan fingerprint density at radius 1 is 1.06 bits per heavy atom. The summed E-state index contributed by atoms with van der Waals surface area (Å²) in [4.78, 5) is 22.8. The first-order chi connectivity index (χ1) is 8.08. The fourth-order valence-corrected chi connectivity index (χ4v) is 2.69. The molecule has 0 fully saturated rings. The quantitative estimate of drug-likeness (QED) is 0.746. The van der Waals surface area contributed by atoms with E-state index < -0.39 is 0 Å². The summed E-state index contributed by atoms with van der Waals surface area (Å²) in [5, 5.41) is 5.91. The summed E-state index contributed by atoms with van der Waals surface area (Å²) in [5.41, 5.74) is -0.663. The molecule has 0 aliphatic carbocycles. The number of rotatable bonds is 7. The lowest BCUT2D eigenvalue weighted by molar-refractivity contribution is -0.122. The van der Waals surface area contributed by atoms with Crippen molar-refractivity contribution in [3.05, 3.63) is 0 Å². The summed E-state index contributed by atoms with van der Waals surface area (Å²) in [7, 11) is 0. The zero-order valence-corrected chi connectivity index (χ0v) is 13.2. The van der Waals surface area contributed by atoms with E-state index in [1.54, 1.807) is 11.8 Å². The monoisotopic (exact) mass is 274 g/mol. The second kappa shape index (κ2) is 7.02. The van der Waals surface area contributed by atoms with Crippen LogP contribution in [0.4, 0.5) is 0 Å². The smallest absolute Gasteiger partial charge is 0.221 e. The predicted molar refractivity (Wildman–Crippen MR) is 77.7 cm³/mol. The van der Waals surface area contributed by atoms with Crippen LogP contribution in [0, 0.1) is 0 Å². The van der Waals surface area contributed by atoms with Crippen molar-refractivity contribution >= 4 is 23.6 Å². The van der Waals surface area contributed by atoms with E-state index >= 15 is 0 Å². The zero-order valence-electron chi connectivity index (χ0n) is 12.3. The third kappa shape index (κ3) is 8.39. The van der Waals surface area contributed by atoms with Crippen molar-refractivity contribution in [1.29, 1.82) is 0 Å². The van der Waals surface area contributed by atoms with E-state index in [1.807, 2.05) is 34.0 Å². The Morgan fingerprint density at radius 2 is 1.56 bits per heavy atom. The second-order valence-electron chi connectivity index (χ2n) is 5.92. The van der Waals surface area contributed by atoms with Crippen LogP contribution in [0.2, 0.25) is 0 Å². The van der Waals surface area contributed by atoms with Gasteiger partial charge in [0.05, 0.1) is 0 Å². The van der Waals surface area contributed by atoms with Crippen molar-refractivity contribution < 1.29 is 9.59 Å². The fraction of sp³-hybridized carbons (Fsp3) is 0.846. The lowest BCUT2D eigenvalue weighted by atomic mass is 9.86. The maximum absolute atomic E-state index is 11.7. The molecule has 0 heterocycles. The first-order valence-corrected chi connectivity index (χ1v) is 7.56. The highest BCUT2D eigenvalue weighted by Crippen LogP contribution is 2.20. The summed E-state index contributed by atoms with van der Waals surface area (Å²) in [6.45, 7) is 9.39. The van der Waals surface area contributed by atoms with Gasteiger partial charge in [-0.3, -0.25) is 9.59 Å². The first-order valence-electron chi connectivity index (χ1n) is 6.17. The van der Waals surface area contributed by atoms with Crippen LogP contribution in [0.5, 0.6) is 0 Å². The van der Waals surface area contributed by atoms with Gasteiger partial charge in [-0.25, -0.2) is 0 Å². The number of carbonyl (C=O) groups excluding carboxylic acids is 2. The minimum absolute atomic E-state index is 0.0514. The molecule has 0 aliphatic rings. The van der Waals surface area contributed by atoms with Crippen LogP contribution < -0.4 is 10.6 Å². The maximum Gasteiger partial charge on any atom is 0.221 e. The third-order valence-electron chi connectivity index (χ3n) is 2.41. The van der Waals surface area contributed by atoms with Gasteiger partial charge in [0, 0.05) is 30.2 Å². The molecule has 0 aliphatic heterocycles. The molecule has 0 atom stereocenters. The van der Waals surface area contributed by atoms with E-state index in [2.05, 4.69) is 10.6 Å². The van der Waals surface area contributed by atoms with Crippen molar-refractivity contribution in [2.24, 2.45) is 0 Å². The number of hydrogen-bond donors (Lipinski definition) is 2. The largest absolute Gasteiger partial charge is 0.351 e. The third-order valence-corrected chi connectivity index (χ3v) is 3.02. The number of nitrogens with one attached hydrogen (secondary N) is 2. The summed E-state index contributed by atoms with van der Waals surface area (Å²) in [5.74, 6) is 0.842. The number of hydrogen-bond acceptors (Lipinski definition) is 3. The van der Waals surface area contributed by atoms with E-state index in [0.29, 0.717) is 12.8 Å². The van der Waals surface area contributed by atoms with Gasteiger partial charge in [-0.2, -0.15) is 11.8 Å². The maximum atomic E-state index is 11.7. The molecule has 0 saturated carbocycles. The minimum Gasteiger partial charge on any atom is -0.351 e. The predicted octanol–water partition coefficient (Wildman–Crippen LogP) is 1.94. The Morgan fingerprint density at radius 3 is 2.00 bits per heavy atom. The Labute approximate surface area is 115 Å². The molecule has 0 radical (unpaired) electrons. The summed E-state index contributed by atoms with van der Waals surface area (Å²) < 4.78 is 0. The van der Waals surface area contributed by atoms with Gasteiger partial charge in [-0.1, -0.05) is 0 Å². The van der Waals surface area contributed by atoms with E-state index in [0.717, 1.165) is 5.75 Å². The Balaban J connectivity index is 4.36. The van der Waals surface area contributed by atoms with E-state index in [4.69, 9.17) is 0 Å². The fourth-order valence-electron chi connectivity index (χ4n) is 2.30. The van der Waals surface area contributed by atoms with Crippen LogP contribution >= 0.6 is 11.8 Å². The van der Waals surface area contributed by atoms with E-state index in [-0.39, 0.29) is 22.9 Å². The van der Waals surface area contributed by atoms with Gasteiger partial charge in [0.15, 0.2) is 0 Å². The lowest BCUT2D eigenvalue weighted by Crippen LogP contribution is -2.53. The highest BCUT2D eigenvalue weighted by molar-refractivity contribution is 7.98. The molecule has 0 saturated heterocycles. The van der Waals surface area contributed by atoms with Gasteiger partial charge in [0.1, 0.15) is 0 Å². The SMILES string of the molecule is CSCCC(=O)NC(C)(C)CC(C)(C)NC(C)=O. The summed E-state index contributed by atoms with van der Waals surface area (Å²) in [6, 6.07) is 0. The summed E-state index contributed by atoms with van der Waals surface area (Å²) >= 11 is 1.66. The highest BCUT2D eigenvalue weighted by Gasteiger charge is 2.30. The standard InChI is InChI=1S/C13H26N2O2S/c1-10(16)14-12(2,3)9-13(4,5)15-11(17)7-8-18-6/h7-9H2,1-6H3,(H,14,16)(H,15,17). The normalized spacial score (nSPS) is 12.1. The number of carbonyl (C=O) groups is 2. The molecule has 18 heavy (non-hydrogen) atoms. The molecule has 0 aromatic heterocycles. The van der Waals surface area contributed by atoms with Gasteiger partial charge < -0.3 is 10.6 Å². The molecule has 4 nitrogen and oxygen atoms in total. The van der Waals surface area contributed by atoms with E-state index in [9.17, 15) is 9.59 Å². The molecule has 0 bridgehead atoms. The van der Waals surface area contributed by atoms with Crippen LogP contribution in [-0.4, -0.2) is 34.9 Å². The Bertz CT molecular complexity index is 301. The molecule has 2 N–H and O–H groups in total. The topological polar surface area (TPSA) is 58.2 Å². The Kier molecular flexibility index (Phi) is 6.74. The average molecular weight is 274 g/mol. The molecule has 0 aromatic carbocycles. The Hall–Kier alpha value is -0.710. The van der Waals surface area contributed by atoms with Gasteiger partial charge >= 0.3 is 0 Å². The average Bonchev–Trinajstić information content (AvgIpc) is 2.08. The molecular formula is C13H26N2O2S. The molecule has 0 rings (SSSR count). The van der Waals surface area contributed by atoms with Crippen LogP contribution in [0.3, 0.4) is 0 Å². The summed E-state index contributed by atoms with van der Waals surface area (Å²) in [6.07, 6.45) is 3.20. The lowest BCUT2D eigenvalue weighted by Gasteiger charge is -2.36. The molecule has 5 heteroatoms. The van der Waals surface area contributed by atoms with Crippen molar-refractivity contribution in [2.45, 2.75) is 58.5 Å². The first kappa shape index (κ1) is 17.3. The van der Waals surface area contributed by atoms with E-state index in [1.165, 1.54) is 6.92 Å². The van der Waals surface area contributed by atoms with Crippen LogP contribution in [0.25, 0.3) is 0 Å². The highest BCUT2D eigenvalue weighted by atomic mass is 32.2. The molecule has 0 spiro atoms. The van der Waals surface area contributed by atoms with Crippen LogP contribution in [0.15, 0.2) is 0 Å². The van der Waals surface area contributed by atoms with Crippen molar-refractivity contribution in [3.63, 3.8) is 0 Å². The zero-order chi connectivity index (χ0) is 14.4. The van der Waals surface area contributed by atoms with Crippen molar-refractivity contribution in [1.82, 2.24) is 10.6 Å². The number of amides is 2. The minimum atomic E-state index is -0.332. The van der Waals surface area contributed by atoms with Gasteiger partial charge in [0.25, 0.3) is 0 Å². The van der Waals surface area contributed by atoms with Gasteiger partial charge in [0.2, 0.25) is 11.8 Å². The number of thioether (sulfide) groups is 1. The molecule has 2 amide bonds. The second-order valence-corrected chi connectivity index (χ2v) is 6.90.